The van der Waals surface area contributed by atoms with E-state index in [0.29, 0.717) is 27.1 Å². The predicted molar refractivity (Wildman–Crippen MR) is 94.9 cm³/mol. The van der Waals surface area contributed by atoms with E-state index in [1.54, 1.807) is 12.1 Å². The van der Waals surface area contributed by atoms with E-state index in [4.69, 9.17) is 39.8 Å². The average Bonchev–Trinajstić information content (AvgIpc) is 2.97. The van der Waals surface area contributed by atoms with Crippen LogP contribution in [0, 0.1) is 0 Å². The molecule has 1 fully saturated rings. The van der Waals surface area contributed by atoms with Gasteiger partial charge in [-0.1, -0.05) is 41.5 Å². The van der Waals surface area contributed by atoms with Crippen molar-refractivity contribution in [2.45, 2.75) is 0 Å². The molecule has 0 aliphatic carbocycles. The van der Waals surface area contributed by atoms with Crippen molar-refractivity contribution in [2.75, 3.05) is 33.2 Å². The summed E-state index contributed by atoms with van der Waals surface area (Å²) in [5.41, 5.74) is 0.707. The second-order valence-electron chi connectivity index (χ2n) is 5.36. The van der Waals surface area contributed by atoms with Gasteiger partial charge in [-0.15, -0.1) is 0 Å². The summed E-state index contributed by atoms with van der Waals surface area (Å²) < 4.78 is 5.91. The highest BCUT2D eigenvalue weighted by atomic mass is 35.5. The van der Waals surface area contributed by atoms with Crippen LogP contribution in [0.3, 0.4) is 0 Å². The minimum absolute atomic E-state index is 0.568. The lowest BCUT2D eigenvalue weighted by Crippen LogP contribution is -2.46. The van der Waals surface area contributed by atoms with Crippen molar-refractivity contribution in [2.24, 2.45) is 0 Å². The Hall–Kier alpha value is -1.07. The van der Waals surface area contributed by atoms with Crippen molar-refractivity contribution in [3.63, 3.8) is 0 Å². The van der Waals surface area contributed by atoms with Crippen LogP contribution in [0.2, 0.25) is 10.0 Å². The molecule has 0 N–H and O–H groups in total. The smallest absolute Gasteiger partial charge is 0.162 e. The Labute approximate surface area is 145 Å². The maximum absolute atomic E-state index is 6.22. The summed E-state index contributed by atoms with van der Waals surface area (Å²) in [6.45, 7) is 3.84. The summed E-state index contributed by atoms with van der Waals surface area (Å²) in [5.74, 6) is 1.33. The zero-order chi connectivity index (χ0) is 15.7. The Morgan fingerprint density at radius 2 is 1.68 bits per heavy atom. The summed E-state index contributed by atoms with van der Waals surface area (Å²) in [6.07, 6.45) is 0. The molecule has 0 atom stereocenters. The van der Waals surface area contributed by atoms with Gasteiger partial charge in [0, 0.05) is 26.2 Å². The van der Waals surface area contributed by atoms with Crippen LogP contribution in [0.15, 0.2) is 34.7 Å². The zero-order valence-corrected chi connectivity index (χ0v) is 14.5. The number of rotatable bonds is 2. The van der Waals surface area contributed by atoms with Gasteiger partial charge < -0.3 is 14.2 Å². The quantitative estimate of drug-likeness (QED) is 0.753. The summed E-state index contributed by atoms with van der Waals surface area (Å²) in [5, 5.41) is 1.14. The lowest BCUT2D eigenvalue weighted by atomic mass is 10.2. The van der Waals surface area contributed by atoms with Crippen LogP contribution in [0.25, 0.3) is 11.3 Å². The van der Waals surface area contributed by atoms with Gasteiger partial charge in [0.2, 0.25) is 0 Å². The van der Waals surface area contributed by atoms with Gasteiger partial charge in [-0.2, -0.15) is 0 Å². The molecule has 1 aliphatic heterocycles. The Morgan fingerprint density at radius 1 is 1.05 bits per heavy atom. The molecule has 1 aromatic heterocycles. The lowest BCUT2D eigenvalue weighted by Gasteiger charge is -2.33. The largest absolute Gasteiger partial charge is 0.454 e. The van der Waals surface area contributed by atoms with E-state index in [-0.39, 0.29) is 0 Å². The van der Waals surface area contributed by atoms with Gasteiger partial charge in [0.25, 0.3) is 0 Å². The molecule has 3 nitrogen and oxygen atoms in total. The number of benzene rings is 1. The molecule has 1 saturated heterocycles. The minimum Gasteiger partial charge on any atom is -0.454 e. The van der Waals surface area contributed by atoms with E-state index >= 15 is 0 Å². The number of hydrogen-bond donors (Lipinski definition) is 0. The third-order valence-electron chi connectivity index (χ3n) is 3.82. The standard InChI is InChI=1S/C16H16Cl2N2OS/c1-19-7-9-20(10-8-19)16(22)14-6-5-13(21-14)15-11(17)3-2-4-12(15)18/h2-6H,7-10H2,1H3. The monoisotopic (exact) mass is 354 g/mol. The number of hydrogen-bond acceptors (Lipinski definition) is 3. The first-order valence-corrected chi connectivity index (χ1v) is 8.24. The first kappa shape index (κ1) is 15.8. The molecule has 0 unspecified atom stereocenters. The summed E-state index contributed by atoms with van der Waals surface area (Å²) in [6, 6.07) is 9.15. The van der Waals surface area contributed by atoms with Gasteiger partial charge in [-0.05, 0) is 31.3 Å². The second-order valence-corrected chi connectivity index (χ2v) is 6.56. The van der Waals surface area contributed by atoms with Crippen LogP contribution in [0.4, 0.5) is 0 Å². The number of likely N-dealkylation sites (N-methyl/N-ethyl adjacent to an activating group) is 1. The molecule has 0 spiro atoms. The van der Waals surface area contributed by atoms with Crippen LogP contribution in [0.5, 0.6) is 0 Å². The van der Waals surface area contributed by atoms with Gasteiger partial charge >= 0.3 is 0 Å². The molecule has 0 saturated carbocycles. The van der Waals surface area contributed by atoms with E-state index < -0.39 is 0 Å². The molecule has 6 heteroatoms. The Morgan fingerprint density at radius 3 is 2.32 bits per heavy atom. The maximum atomic E-state index is 6.22. The molecule has 116 valence electrons. The fourth-order valence-electron chi connectivity index (χ4n) is 2.49. The molecular weight excluding hydrogens is 339 g/mol. The maximum Gasteiger partial charge on any atom is 0.162 e. The second kappa shape index (κ2) is 6.59. The number of thiocarbonyl (C=S) groups is 1. The molecule has 3 rings (SSSR count). The van der Waals surface area contributed by atoms with Crippen molar-refractivity contribution >= 4 is 40.4 Å². The lowest BCUT2D eigenvalue weighted by molar-refractivity contribution is 0.216. The normalized spacial score (nSPS) is 16.0. The van der Waals surface area contributed by atoms with Crippen molar-refractivity contribution < 1.29 is 4.42 Å². The number of nitrogens with zero attached hydrogens (tertiary/aromatic N) is 2. The van der Waals surface area contributed by atoms with Gasteiger partial charge in [0.05, 0.1) is 15.6 Å². The van der Waals surface area contributed by atoms with Crippen molar-refractivity contribution in [1.82, 2.24) is 9.80 Å². The van der Waals surface area contributed by atoms with Crippen molar-refractivity contribution in [3.05, 3.63) is 46.1 Å². The molecule has 0 amide bonds. The number of piperazine rings is 1. The molecule has 22 heavy (non-hydrogen) atoms. The van der Waals surface area contributed by atoms with E-state index in [0.717, 1.165) is 31.2 Å². The number of furan rings is 1. The van der Waals surface area contributed by atoms with Crippen LogP contribution >= 0.6 is 35.4 Å². The van der Waals surface area contributed by atoms with Crippen LogP contribution in [0.1, 0.15) is 5.76 Å². The summed E-state index contributed by atoms with van der Waals surface area (Å²) in [4.78, 5) is 5.20. The minimum atomic E-state index is 0.568. The third kappa shape index (κ3) is 3.15. The van der Waals surface area contributed by atoms with Crippen molar-refractivity contribution in [1.29, 1.82) is 0 Å². The summed E-state index contributed by atoms with van der Waals surface area (Å²) in [7, 11) is 2.12. The molecule has 1 aromatic carbocycles. The molecule has 0 radical (unpaired) electrons. The summed E-state index contributed by atoms with van der Waals surface area (Å²) >= 11 is 18.0. The molecule has 1 aliphatic rings. The highest BCUT2D eigenvalue weighted by molar-refractivity contribution is 7.80. The Balaban J connectivity index is 1.83. The first-order chi connectivity index (χ1) is 10.6. The topological polar surface area (TPSA) is 19.6 Å². The SMILES string of the molecule is CN1CCN(C(=S)c2ccc(-c3c(Cl)cccc3Cl)o2)CC1. The van der Waals surface area contributed by atoms with E-state index in [9.17, 15) is 0 Å². The molecule has 2 heterocycles. The predicted octanol–water partition coefficient (Wildman–Crippen LogP) is 4.18. The van der Waals surface area contributed by atoms with Crippen LogP contribution in [-0.2, 0) is 0 Å². The Bertz CT molecular complexity index is 673. The fraction of sp³-hybridized carbons (Fsp3) is 0.312. The molecule has 0 bridgehead atoms. The van der Waals surface area contributed by atoms with Crippen LogP contribution < -0.4 is 0 Å². The average molecular weight is 355 g/mol. The van der Waals surface area contributed by atoms with Gasteiger partial charge in [0.15, 0.2) is 5.76 Å². The van der Waals surface area contributed by atoms with E-state index in [1.807, 2.05) is 18.2 Å². The van der Waals surface area contributed by atoms with Crippen molar-refractivity contribution in [3.8, 4) is 11.3 Å². The molecule has 2 aromatic rings. The highest BCUT2D eigenvalue weighted by Gasteiger charge is 2.21. The van der Waals surface area contributed by atoms with E-state index in [1.165, 1.54) is 0 Å². The zero-order valence-electron chi connectivity index (χ0n) is 12.2. The highest BCUT2D eigenvalue weighted by Crippen LogP contribution is 2.35. The van der Waals surface area contributed by atoms with Gasteiger partial charge in [-0.3, -0.25) is 0 Å². The third-order valence-corrected chi connectivity index (χ3v) is 4.91. The van der Waals surface area contributed by atoms with Gasteiger partial charge in [0.1, 0.15) is 10.7 Å². The van der Waals surface area contributed by atoms with E-state index in [2.05, 4.69) is 16.8 Å². The number of halogens is 2. The fourth-order valence-corrected chi connectivity index (χ4v) is 3.36. The first-order valence-electron chi connectivity index (χ1n) is 7.08. The molecular formula is C16H16Cl2N2OS. The van der Waals surface area contributed by atoms with Gasteiger partial charge in [-0.25, -0.2) is 0 Å². The Kier molecular flexibility index (Phi) is 4.73. The van der Waals surface area contributed by atoms with Crippen LogP contribution in [-0.4, -0.2) is 48.0 Å².